The van der Waals surface area contributed by atoms with Crippen molar-refractivity contribution in [2.24, 2.45) is 5.92 Å². The van der Waals surface area contributed by atoms with E-state index < -0.39 is 0 Å². The number of rotatable bonds is 2. The minimum Gasteiger partial charge on any atom is -0.335 e. The lowest BCUT2D eigenvalue weighted by atomic mass is 9.93. The van der Waals surface area contributed by atoms with Gasteiger partial charge in [-0.25, -0.2) is 4.98 Å². The number of aryl methyl sites for hydroxylation is 2. The van der Waals surface area contributed by atoms with Crippen molar-refractivity contribution in [3.05, 3.63) is 17.7 Å². The van der Waals surface area contributed by atoms with E-state index in [4.69, 9.17) is 4.98 Å². The van der Waals surface area contributed by atoms with Crippen molar-refractivity contribution in [2.75, 3.05) is 20.1 Å². The number of nitrogens with zero attached hydrogens (tertiary/aromatic N) is 3. The summed E-state index contributed by atoms with van der Waals surface area (Å²) in [5.41, 5.74) is 1.34. The minimum absolute atomic E-state index is 0.864. The molecule has 0 amide bonds. The molecular weight excluding hydrogens is 210 g/mol. The minimum atomic E-state index is 0.864. The summed E-state index contributed by atoms with van der Waals surface area (Å²) in [6.45, 7) is 3.71. The maximum Gasteiger partial charge on any atom is 0.108 e. The van der Waals surface area contributed by atoms with Gasteiger partial charge in [0.1, 0.15) is 5.82 Å². The van der Waals surface area contributed by atoms with Crippen LogP contribution in [0.4, 0.5) is 0 Å². The zero-order valence-electron chi connectivity index (χ0n) is 10.9. The monoisotopic (exact) mass is 233 g/mol. The quantitative estimate of drug-likeness (QED) is 0.780. The molecule has 94 valence electrons. The highest BCUT2D eigenvalue weighted by atomic mass is 15.1. The summed E-state index contributed by atoms with van der Waals surface area (Å²) < 4.78 is 2.38. The highest BCUT2D eigenvalue weighted by molar-refractivity contribution is 5.07. The third kappa shape index (κ3) is 2.54. The summed E-state index contributed by atoms with van der Waals surface area (Å²) >= 11 is 0. The lowest BCUT2D eigenvalue weighted by molar-refractivity contribution is 0.218. The molecule has 1 fully saturated rings. The predicted molar refractivity (Wildman–Crippen MR) is 69.1 cm³/mol. The fourth-order valence-corrected chi connectivity index (χ4v) is 3.13. The van der Waals surface area contributed by atoms with Crippen LogP contribution in [0.5, 0.6) is 0 Å². The number of imidazole rings is 1. The molecule has 0 bridgehead atoms. The first-order chi connectivity index (χ1) is 8.31. The first-order valence-electron chi connectivity index (χ1n) is 7.05. The SMILES string of the molecule is CN1CCC(Cc2cn3c(n2)CCCC3)CC1. The molecule has 0 unspecified atom stereocenters. The Bertz CT molecular complexity index is 351. The number of hydrogen-bond donors (Lipinski definition) is 0. The number of piperidine rings is 1. The van der Waals surface area contributed by atoms with E-state index in [-0.39, 0.29) is 0 Å². The van der Waals surface area contributed by atoms with Crippen molar-refractivity contribution in [3.8, 4) is 0 Å². The van der Waals surface area contributed by atoms with Gasteiger partial charge < -0.3 is 9.47 Å². The Morgan fingerprint density at radius 1 is 1.24 bits per heavy atom. The van der Waals surface area contributed by atoms with Crippen molar-refractivity contribution in [1.29, 1.82) is 0 Å². The molecule has 0 aromatic carbocycles. The van der Waals surface area contributed by atoms with Gasteiger partial charge in [-0.05, 0) is 58.2 Å². The summed E-state index contributed by atoms with van der Waals surface area (Å²) in [6.07, 6.45) is 10.0. The molecule has 17 heavy (non-hydrogen) atoms. The molecule has 0 N–H and O–H groups in total. The summed E-state index contributed by atoms with van der Waals surface area (Å²) in [5.74, 6) is 2.20. The highest BCUT2D eigenvalue weighted by Crippen LogP contribution is 2.22. The number of fused-ring (bicyclic) bond motifs is 1. The average molecular weight is 233 g/mol. The van der Waals surface area contributed by atoms with Crippen molar-refractivity contribution >= 4 is 0 Å². The molecule has 3 rings (SSSR count). The van der Waals surface area contributed by atoms with Crippen LogP contribution in [0.15, 0.2) is 6.20 Å². The van der Waals surface area contributed by atoms with Gasteiger partial charge in [0.2, 0.25) is 0 Å². The maximum atomic E-state index is 4.81. The Hall–Kier alpha value is -0.830. The zero-order valence-corrected chi connectivity index (χ0v) is 10.9. The Morgan fingerprint density at radius 2 is 2.06 bits per heavy atom. The van der Waals surface area contributed by atoms with Crippen LogP contribution in [0.3, 0.4) is 0 Å². The van der Waals surface area contributed by atoms with Gasteiger partial charge in [-0.3, -0.25) is 0 Å². The highest BCUT2D eigenvalue weighted by Gasteiger charge is 2.19. The first kappa shape index (κ1) is 11.3. The van der Waals surface area contributed by atoms with Crippen LogP contribution in [-0.4, -0.2) is 34.6 Å². The van der Waals surface area contributed by atoms with E-state index in [1.165, 1.54) is 69.7 Å². The summed E-state index contributed by atoms with van der Waals surface area (Å²) in [6, 6.07) is 0. The Kier molecular flexibility index (Phi) is 3.19. The van der Waals surface area contributed by atoms with Gasteiger partial charge in [0.25, 0.3) is 0 Å². The van der Waals surface area contributed by atoms with E-state index in [1.54, 1.807) is 0 Å². The zero-order chi connectivity index (χ0) is 11.7. The Morgan fingerprint density at radius 3 is 2.82 bits per heavy atom. The van der Waals surface area contributed by atoms with Crippen molar-refractivity contribution in [3.63, 3.8) is 0 Å². The van der Waals surface area contributed by atoms with Crippen molar-refractivity contribution in [1.82, 2.24) is 14.5 Å². The molecule has 0 spiro atoms. The molecule has 3 heterocycles. The van der Waals surface area contributed by atoms with E-state index in [0.29, 0.717) is 0 Å². The normalized spacial score (nSPS) is 22.6. The van der Waals surface area contributed by atoms with Gasteiger partial charge in [-0.1, -0.05) is 0 Å². The molecule has 2 aliphatic heterocycles. The van der Waals surface area contributed by atoms with Gasteiger partial charge in [0.05, 0.1) is 5.69 Å². The average Bonchev–Trinajstić information content (AvgIpc) is 2.74. The van der Waals surface area contributed by atoms with E-state index >= 15 is 0 Å². The molecule has 3 heteroatoms. The maximum absolute atomic E-state index is 4.81. The fraction of sp³-hybridized carbons (Fsp3) is 0.786. The molecule has 0 atom stereocenters. The molecule has 3 nitrogen and oxygen atoms in total. The lowest BCUT2D eigenvalue weighted by Crippen LogP contribution is -2.31. The van der Waals surface area contributed by atoms with Crippen molar-refractivity contribution in [2.45, 2.75) is 45.1 Å². The number of likely N-dealkylation sites (tertiary alicyclic amines) is 1. The van der Waals surface area contributed by atoms with Crippen molar-refractivity contribution < 1.29 is 0 Å². The van der Waals surface area contributed by atoms with Crippen LogP contribution in [0.1, 0.15) is 37.2 Å². The fourth-order valence-electron chi connectivity index (χ4n) is 3.13. The van der Waals surface area contributed by atoms with Gasteiger partial charge in [0, 0.05) is 19.2 Å². The van der Waals surface area contributed by atoms with Gasteiger partial charge in [-0.15, -0.1) is 0 Å². The smallest absolute Gasteiger partial charge is 0.108 e. The van der Waals surface area contributed by atoms with E-state index in [9.17, 15) is 0 Å². The topological polar surface area (TPSA) is 21.1 Å². The van der Waals surface area contributed by atoms with Gasteiger partial charge >= 0.3 is 0 Å². The van der Waals surface area contributed by atoms with Crippen LogP contribution < -0.4 is 0 Å². The third-order valence-electron chi connectivity index (χ3n) is 4.29. The second kappa shape index (κ2) is 4.81. The predicted octanol–water partition coefficient (Wildman–Crippen LogP) is 2.10. The van der Waals surface area contributed by atoms with Crippen LogP contribution >= 0.6 is 0 Å². The largest absolute Gasteiger partial charge is 0.335 e. The summed E-state index contributed by atoms with van der Waals surface area (Å²) in [5, 5.41) is 0. The third-order valence-corrected chi connectivity index (χ3v) is 4.29. The molecule has 2 aliphatic rings. The van der Waals surface area contributed by atoms with Gasteiger partial charge in [0.15, 0.2) is 0 Å². The van der Waals surface area contributed by atoms with E-state index in [0.717, 1.165) is 5.92 Å². The number of aromatic nitrogens is 2. The molecule has 0 aliphatic carbocycles. The number of hydrogen-bond acceptors (Lipinski definition) is 2. The van der Waals surface area contributed by atoms with Crippen LogP contribution in [-0.2, 0) is 19.4 Å². The molecular formula is C14H23N3. The molecule has 0 saturated carbocycles. The van der Waals surface area contributed by atoms with Crippen LogP contribution in [0.2, 0.25) is 0 Å². The Labute approximate surface area is 104 Å². The van der Waals surface area contributed by atoms with Crippen LogP contribution in [0, 0.1) is 5.92 Å². The summed E-state index contributed by atoms with van der Waals surface area (Å²) in [4.78, 5) is 7.25. The Balaban J connectivity index is 1.63. The van der Waals surface area contributed by atoms with E-state index in [1.807, 2.05) is 0 Å². The standard InChI is InChI=1S/C14H23N3/c1-16-8-5-12(6-9-16)10-13-11-17-7-3-2-4-14(17)15-13/h11-12H,2-10H2,1H3. The molecule has 1 saturated heterocycles. The second-order valence-corrected chi connectivity index (χ2v) is 5.75. The van der Waals surface area contributed by atoms with Gasteiger partial charge in [-0.2, -0.15) is 0 Å². The second-order valence-electron chi connectivity index (χ2n) is 5.75. The van der Waals surface area contributed by atoms with Crippen LogP contribution in [0.25, 0.3) is 0 Å². The first-order valence-corrected chi connectivity index (χ1v) is 7.05. The molecule has 1 aromatic heterocycles. The molecule has 0 radical (unpaired) electrons. The van der Waals surface area contributed by atoms with E-state index in [2.05, 4.69) is 22.7 Å². The summed E-state index contributed by atoms with van der Waals surface area (Å²) in [7, 11) is 2.23. The molecule has 1 aromatic rings. The lowest BCUT2D eigenvalue weighted by Gasteiger charge is -2.28.